The highest BCUT2D eigenvalue weighted by atomic mass is 16.3. The number of nitrogens with zero attached hydrogens (tertiary/aromatic N) is 4. The Hall–Kier alpha value is -3.35. The molecule has 27 heavy (non-hydrogen) atoms. The van der Waals surface area contributed by atoms with Gasteiger partial charge in [0.2, 0.25) is 5.88 Å². The molecule has 0 amide bonds. The molecule has 3 aromatic rings. The van der Waals surface area contributed by atoms with Crippen LogP contribution in [0.1, 0.15) is 0 Å². The van der Waals surface area contributed by atoms with Crippen LogP contribution in [0.3, 0.4) is 0 Å². The van der Waals surface area contributed by atoms with Gasteiger partial charge in [-0.05, 0) is 48.5 Å². The smallest absolute Gasteiger partial charge is 0.335 e. The lowest BCUT2D eigenvalue weighted by Crippen LogP contribution is -2.46. The van der Waals surface area contributed by atoms with E-state index in [-0.39, 0.29) is 17.3 Å². The Bertz CT molecular complexity index is 982. The third-order valence-corrected chi connectivity index (χ3v) is 5.07. The molecular formula is C20H22N4O3. The molecule has 0 radical (unpaired) electrons. The Labute approximate surface area is 156 Å². The van der Waals surface area contributed by atoms with Crippen molar-refractivity contribution in [2.24, 2.45) is 7.05 Å². The molecule has 1 saturated heterocycles. The molecule has 7 nitrogen and oxygen atoms in total. The molecule has 0 aliphatic carbocycles. The second kappa shape index (κ2) is 6.75. The van der Waals surface area contributed by atoms with Crippen LogP contribution in [0.15, 0.2) is 59.5 Å². The van der Waals surface area contributed by atoms with Crippen LogP contribution in [0.5, 0.6) is 11.6 Å². The predicted molar refractivity (Wildman–Crippen MR) is 105 cm³/mol. The predicted octanol–water partition coefficient (Wildman–Crippen LogP) is 1.91. The summed E-state index contributed by atoms with van der Waals surface area (Å²) in [5, 5.41) is 19.1. The highest BCUT2D eigenvalue weighted by molar-refractivity contribution is 5.54. The first-order valence-electron chi connectivity index (χ1n) is 8.89. The van der Waals surface area contributed by atoms with E-state index >= 15 is 0 Å². The number of imidazole rings is 1. The van der Waals surface area contributed by atoms with Crippen molar-refractivity contribution in [3.05, 3.63) is 65.2 Å². The third-order valence-electron chi connectivity index (χ3n) is 5.07. The molecule has 2 heterocycles. The minimum absolute atomic E-state index is 0.0607. The van der Waals surface area contributed by atoms with Crippen molar-refractivity contribution in [2.45, 2.75) is 0 Å². The molecule has 0 bridgehead atoms. The van der Waals surface area contributed by atoms with Crippen molar-refractivity contribution < 1.29 is 10.2 Å². The largest absolute Gasteiger partial charge is 0.508 e. The number of hydrogen-bond acceptors (Lipinski definition) is 5. The number of phenolic OH excluding ortho intramolecular Hbond substituents is 1. The standard InChI is InChI=1S/C20H22N4O3/c1-21-19(26)14-24(20(21)27)17-4-2-15(3-5-17)22-10-12-23(13-11-22)16-6-8-18(25)9-7-16/h2-9,14,25-26H,10-13H2,1H3. The van der Waals surface area contributed by atoms with Gasteiger partial charge in [-0.3, -0.25) is 9.13 Å². The molecule has 0 unspecified atom stereocenters. The summed E-state index contributed by atoms with van der Waals surface area (Å²) in [5.74, 6) is 0.220. The number of phenols is 1. The summed E-state index contributed by atoms with van der Waals surface area (Å²) in [7, 11) is 1.54. The Morgan fingerprint density at radius 3 is 1.63 bits per heavy atom. The van der Waals surface area contributed by atoms with Crippen molar-refractivity contribution in [2.75, 3.05) is 36.0 Å². The highest BCUT2D eigenvalue weighted by Gasteiger charge is 2.18. The lowest BCUT2D eigenvalue weighted by atomic mass is 10.2. The number of rotatable bonds is 3. The minimum atomic E-state index is -0.275. The van der Waals surface area contributed by atoms with Gasteiger partial charge in [0.25, 0.3) is 0 Å². The van der Waals surface area contributed by atoms with E-state index in [9.17, 15) is 15.0 Å². The number of benzene rings is 2. The molecule has 2 aromatic carbocycles. The first-order valence-corrected chi connectivity index (χ1v) is 8.89. The maximum Gasteiger partial charge on any atom is 0.335 e. The fourth-order valence-electron chi connectivity index (χ4n) is 3.41. The number of aromatic nitrogens is 2. The molecule has 2 N–H and O–H groups in total. The van der Waals surface area contributed by atoms with Gasteiger partial charge in [0.15, 0.2) is 0 Å². The van der Waals surface area contributed by atoms with Crippen molar-refractivity contribution in [1.82, 2.24) is 9.13 Å². The molecule has 0 atom stereocenters. The Morgan fingerprint density at radius 2 is 1.19 bits per heavy atom. The molecule has 1 aliphatic heterocycles. The minimum Gasteiger partial charge on any atom is -0.508 e. The lowest BCUT2D eigenvalue weighted by Gasteiger charge is -2.37. The van der Waals surface area contributed by atoms with E-state index in [2.05, 4.69) is 9.80 Å². The van der Waals surface area contributed by atoms with Gasteiger partial charge in [0.1, 0.15) is 5.75 Å². The molecular weight excluding hydrogens is 344 g/mol. The van der Waals surface area contributed by atoms with E-state index < -0.39 is 0 Å². The summed E-state index contributed by atoms with van der Waals surface area (Å²) >= 11 is 0. The van der Waals surface area contributed by atoms with Crippen LogP contribution >= 0.6 is 0 Å². The van der Waals surface area contributed by atoms with E-state index in [1.54, 1.807) is 12.1 Å². The molecule has 0 saturated carbocycles. The molecule has 0 spiro atoms. The average Bonchev–Trinajstić information content (AvgIpc) is 2.96. The van der Waals surface area contributed by atoms with Crippen LogP contribution in [0, 0.1) is 0 Å². The number of aromatic hydroxyl groups is 2. The van der Waals surface area contributed by atoms with Gasteiger partial charge < -0.3 is 20.0 Å². The van der Waals surface area contributed by atoms with E-state index in [0.717, 1.165) is 43.2 Å². The van der Waals surface area contributed by atoms with E-state index in [1.165, 1.54) is 22.4 Å². The topological polar surface area (TPSA) is 73.9 Å². The van der Waals surface area contributed by atoms with Crippen LogP contribution in [0.4, 0.5) is 11.4 Å². The SMILES string of the molecule is Cn1c(O)cn(-c2ccc(N3CCN(c4ccc(O)cc4)CC3)cc2)c1=O. The first-order chi connectivity index (χ1) is 13.0. The van der Waals surface area contributed by atoms with Gasteiger partial charge in [0.05, 0.1) is 11.9 Å². The first kappa shape index (κ1) is 17.1. The molecule has 1 aromatic heterocycles. The monoisotopic (exact) mass is 366 g/mol. The highest BCUT2D eigenvalue weighted by Crippen LogP contribution is 2.23. The van der Waals surface area contributed by atoms with Gasteiger partial charge in [-0.25, -0.2) is 4.79 Å². The van der Waals surface area contributed by atoms with Crippen molar-refractivity contribution >= 4 is 11.4 Å². The molecule has 4 rings (SSSR count). The van der Waals surface area contributed by atoms with Crippen molar-refractivity contribution in [1.29, 1.82) is 0 Å². The van der Waals surface area contributed by atoms with Gasteiger partial charge in [-0.15, -0.1) is 0 Å². The molecule has 1 aliphatic rings. The van der Waals surface area contributed by atoms with E-state index in [0.29, 0.717) is 0 Å². The van der Waals surface area contributed by atoms with Gasteiger partial charge in [0, 0.05) is 44.6 Å². The van der Waals surface area contributed by atoms with Crippen LogP contribution < -0.4 is 15.5 Å². The van der Waals surface area contributed by atoms with Gasteiger partial charge in [-0.1, -0.05) is 0 Å². The van der Waals surface area contributed by atoms with Crippen molar-refractivity contribution in [3.63, 3.8) is 0 Å². The maximum absolute atomic E-state index is 12.1. The quantitative estimate of drug-likeness (QED) is 0.741. The summed E-state index contributed by atoms with van der Waals surface area (Å²) in [6.07, 6.45) is 1.42. The zero-order chi connectivity index (χ0) is 19.0. The zero-order valence-electron chi connectivity index (χ0n) is 15.1. The third kappa shape index (κ3) is 3.23. The Morgan fingerprint density at radius 1 is 0.741 bits per heavy atom. The number of piperazine rings is 1. The van der Waals surface area contributed by atoms with Crippen molar-refractivity contribution in [3.8, 4) is 17.3 Å². The number of anilines is 2. The second-order valence-electron chi connectivity index (χ2n) is 6.71. The number of hydrogen-bond donors (Lipinski definition) is 2. The second-order valence-corrected chi connectivity index (χ2v) is 6.71. The van der Waals surface area contributed by atoms with E-state index in [4.69, 9.17) is 0 Å². The average molecular weight is 366 g/mol. The normalized spacial score (nSPS) is 14.6. The van der Waals surface area contributed by atoms with Crippen LogP contribution in [-0.2, 0) is 7.05 Å². The molecule has 7 heteroatoms. The Kier molecular flexibility index (Phi) is 4.27. The van der Waals surface area contributed by atoms with Crippen LogP contribution in [-0.4, -0.2) is 45.5 Å². The fourth-order valence-corrected chi connectivity index (χ4v) is 3.41. The van der Waals surface area contributed by atoms with Crippen LogP contribution in [0.25, 0.3) is 5.69 Å². The van der Waals surface area contributed by atoms with Crippen LogP contribution in [0.2, 0.25) is 0 Å². The lowest BCUT2D eigenvalue weighted by molar-refractivity contribution is 0.429. The summed E-state index contributed by atoms with van der Waals surface area (Å²) in [6.45, 7) is 3.59. The Balaban J connectivity index is 1.45. The maximum atomic E-state index is 12.1. The van der Waals surface area contributed by atoms with Gasteiger partial charge >= 0.3 is 5.69 Å². The summed E-state index contributed by atoms with van der Waals surface area (Å²) in [6, 6.07) is 15.1. The molecule has 1 fully saturated rings. The zero-order valence-corrected chi connectivity index (χ0v) is 15.1. The van der Waals surface area contributed by atoms with Gasteiger partial charge in [-0.2, -0.15) is 0 Å². The summed E-state index contributed by atoms with van der Waals surface area (Å²) < 4.78 is 2.64. The molecule has 140 valence electrons. The fraction of sp³-hybridized carbons (Fsp3) is 0.250. The summed E-state index contributed by atoms with van der Waals surface area (Å²) in [5.41, 5.74) is 2.67. The summed E-state index contributed by atoms with van der Waals surface area (Å²) in [4.78, 5) is 16.7. The van der Waals surface area contributed by atoms with E-state index in [1.807, 2.05) is 36.4 Å².